The van der Waals surface area contributed by atoms with Crippen molar-refractivity contribution >= 4 is 11.6 Å². The van der Waals surface area contributed by atoms with Gasteiger partial charge in [0.1, 0.15) is 11.6 Å². The number of rotatable bonds is 6. The Kier molecular flexibility index (Phi) is 5.60. The summed E-state index contributed by atoms with van der Waals surface area (Å²) in [6, 6.07) is 0. The molecule has 1 atom stereocenters. The molecule has 0 rings (SSSR count). The highest BCUT2D eigenvalue weighted by Crippen LogP contribution is 2.11. The van der Waals surface area contributed by atoms with Gasteiger partial charge in [-0.15, -0.1) is 0 Å². The van der Waals surface area contributed by atoms with Gasteiger partial charge in [-0.25, -0.2) is 0 Å². The third-order valence-electron chi connectivity index (χ3n) is 2.07. The van der Waals surface area contributed by atoms with Gasteiger partial charge in [-0.3, -0.25) is 9.59 Å². The van der Waals surface area contributed by atoms with Gasteiger partial charge >= 0.3 is 0 Å². The Labute approximate surface area is 80.7 Å². The molecule has 0 aromatic carbocycles. The molecule has 0 heterocycles. The lowest BCUT2D eigenvalue weighted by Gasteiger charge is -2.09. The highest BCUT2D eigenvalue weighted by atomic mass is 16.1. The highest BCUT2D eigenvalue weighted by Gasteiger charge is 2.15. The Balaban J connectivity index is 3.85. The van der Waals surface area contributed by atoms with Gasteiger partial charge in [0.15, 0.2) is 0 Å². The first-order valence-electron chi connectivity index (χ1n) is 5.01. The molecule has 0 aromatic heterocycles. The van der Waals surface area contributed by atoms with E-state index in [2.05, 4.69) is 0 Å². The molecule has 2 nitrogen and oxygen atoms in total. The Morgan fingerprint density at radius 1 is 1.08 bits per heavy atom. The zero-order chi connectivity index (χ0) is 10.4. The van der Waals surface area contributed by atoms with Crippen LogP contribution in [0.15, 0.2) is 0 Å². The molecule has 0 saturated carbocycles. The molecule has 0 N–H and O–H groups in total. The van der Waals surface area contributed by atoms with Gasteiger partial charge in [-0.1, -0.05) is 27.7 Å². The molecule has 76 valence electrons. The predicted octanol–water partition coefficient (Wildman–Crippen LogP) is 2.61. The molecule has 0 bridgehead atoms. The van der Waals surface area contributed by atoms with Crippen molar-refractivity contribution < 1.29 is 9.59 Å². The summed E-state index contributed by atoms with van der Waals surface area (Å²) >= 11 is 0. The van der Waals surface area contributed by atoms with Crippen LogP contribution in [-0.2, 0) is 9.59 Å². The van der Waals surface area contributed by atoms with Gasteiger partial charge in [0.25, 0.3) is 0 Å². The molecule has 0 fully saturated rings. The summed E-state index contributed by atoms with van der Waals surface area (Å²) in [5, 5.41) is 0. The smallest absolute Gasteiger partial charge is 0.135 e. The van der Waals surface area contributed by atoms with Crippen molar-refractivity contribution in [3.05, 3.63) is 0 Å². The minimum atomic E-state index is -0.0868. The third-order valence-corrected chi connectivity index (χ3v) is 2.07. The normalized spacial score (nSPS) is 13.0. The molecule has 0 spiro atoms. The van der Waals surface area contributed by atoms with Crippen molar-refractivity contribution in [2.75, 3.05) is 0 Å². The van der Waals surface area contributed by atoms with Crippen LogP contribution < -0.4 is 0 Å². The molecular weight excluding hydrogens is 164 g/mol. The summed E-state index contributed by atoms with van der Waals surface area (Å²) in [6.45, 7) is 7.71. The number of hydrogen-bond donors (Lipinski definition) is 0. The molecule has 0 aliphatic heterocycles. The van der Waals surface area contributed by atoms with Crippen LogP contribution in [-0.4, -0.2) is 11.6 Å². The fourth-order valence-corrected chi connectivity index (χ4v) is 1.34. The lowest BCUT2D eigenvalue weighted by Crippen LogP contribution is -2.15. The summed E-state index contributed by atoms with van der Waals surface area (Å²) in [4.78, 5) is 22.5. The van der Waals surface area contributed by atoms with Gasteiger partial charge in [-0.05, 0) is 5.92 Å². The molecule has 2 heteroatoms. The van der Waals surface area contributed by atoms with Crippen LogP contribution >= 0.6 is 0 Å². The Morgan fingerprint density at radius 2 is 1.62 bits per heavy atom. The monoisotopic (exact) mass is 184 g/mol. The molecule has 0 saturated heterocycles. The number of ketones is 2. The number of carbonyl (C=O) groups is 2. The van der Waals surface area contributed by atoms with E-state index in [1.165, 1.54) is 0 Å². The van der Waals surface area contributed by atoms with Crippen LogP contribution in [0.4, 0.5) is 0 Å². The predicted molar refractivity (Wildman–Crippen MR) is 53.5 cm³/mol. The Hall–Kier alpha value is -0.660. The zero-order valence-corrected chi connectivity index (χ0v) is 9.09. The fraction of sp³-hybridized carbons (Fsp3) is 0.818. The van der Waals surface area contributed by atoms with Crippen molar-refractivity contribution in [2.45, 2.75) is 47.0 Å². The van der Waals surface area contributed by atoms with E-state index >= 15 is 0 Å². The fourth-order valence-electron chi connectivity index (χ4n) is 1.34. The van der Waals surface area contributed by atoms with E-state index in [1.54, 1.807) is 0 Å². The van der Waals surface area contributed by atoms with E-state index in [4.69, 9.17) is 0 Å². The van der Waals surface area contributed by atoms with E-state index < -0.39 is 0 Å². The quantitative estimate of drug-likeness (QED) is 0.636. The zero-order valence-electron chi connectivity index (χ0n) is 9.09. The van der Waals surface area contributed by atoms with E-state index in [9.17, 15) is 9.59 Å². The molecule has 0 aromatic rings. The van der Waals surface area contributed by atoms with Gasteiger partial charge in [0, 0.05) is 25.2 Å². The van der Waals surface area contributed by atoms with Crippen LogP contribution in [0.25, 0.3) is 0 Å². The van der Waals surface area contributed by atoms with Gasteiger partial charge in [0.2, 0.25) is 0 Å². The van der Waals surface area contributed by atoms with Crippen LogP contribution in [0, 0.1) is 11.8 Å². The van der Waals surface area contributed by atoms with Crippen molar-refractivity contribution in [1.29, 1.82) is 0 Å². The molecule has 13 heavy (non-hydrogen) atoms. The highest BCUT2D eigenvalue weighted by molar-refractivity contribution is 5.87. The maximum absolute atomic E-state index is 11.3. The van der Waals surface area contributed by atoms with Gasteiger partial charge in [-0.2, -0.15) is 0 Å². The topological polar surface area (TPSA) is 34.1 Å². The van der Waals surface area contributed by atoms with Gasteiger partial charge < -0.3 is 0 Å². The SMILES string of the molecule is CCC(=O)C(C)CC(=O)CC(C)C. The molecule has 1 unspecified atom stereocenters. The average molecular weight is 184 g/mol. The van der Waals surface area contributed by atoms with Crippen LogP contribution in [0.1, 0.15) is 47.0 Å². The molecule has 0 aliphatic rings. The lowest BCUT2D eigenvalue weighted by atomic mass is 9.94. The first kappa shape index (κ1) is 12.3. The summed E-state index contributed by atoms with van der Waals surface area (Å²) < 4.78 is 0. The second kappa shape index (κ2) is 5.90. The van der Waals surface area contributed by atoms with Crippen molar-refractivity contribution in [1.82, 2.24) is 0 Å². The molecule has 0 amide bonds. The summed E-state index contributed by atoms with van der Waals surface area (Å²) in [7, 11) is 0. The van der Waals surface area contributed by atoms with Crippen LogP contribution in [0.3, 0.4) is 0 Å². The number of Topliss-reactive ketones (excluding diaryl/α,β-unsaturated/α-hetero) is 2. The Bertz CT molecular complexity index is 183. The van der Waals surface area contributed by atoms with Crippen LogP contribution in [0.5, 0.6) is 0 Å². The maximum atomic E-state index is 11.3. The molecule has 0 aliphatic carbocycles. The summed E-state index contributed by atoms with van der Waals surface area (Å²) in [5.41, 5.74) is 0. The van der Waals surface area contributed by atoms with E-state index in [1.807, 2.05) is 27.7 Å². The molecule has 0 radical (unpaired) electrons. The van der Waals surface area contributed by atoms with Crippen molar-refractivity contribution in [3.8, 4) is 0 Å². The van der Waals surface area contributed by atoms with E-state index in [-0.39, 0.29) is 17.5 Å². The minimum Gasteiger partial charge on any atom is -0.300 e. The average Bonchev–Trinajstić information content (AvgIpc) is 2.01. The lowest BCUT2D eigenvalue weighted by molar-refractivity contribution is -0.127. The summed E-state index contributed by atoms with van der Waals surface area (Å²) in [5.74, 6) is 0.717. The largest absolute Gasteiger partial charge is 0.300 e. The van der Waals surface area contributed by atoms with E-state index in [0.29, 0.717) is 25.2 Å². The summed E-state index contributed by atoms with van der Waals surface area (Å²) in [6.07, 6.45) is 1.56. The Morgan fingerprint density at radius 3 is 2.00 bits per heavy atom. The first-order valence-corrected chi connectivity index (χ1v) is 5.01. The van der Waals surface area contributed by atoms with E-state index in [0.717, 1.165) is 0 Å². The second-order valence-corrected chi connectivity index (χ2v) is 4.06. The standard InChI is InChI=1S/C11H20O2/c1-5-11(13)9(4)7-10(12)6-8(2)3/h8-9H,5-7H2,1-4H3. The maximum Gasteiger partial charge on any atom is 0.135 e. The van der Waals surface area contributed by atoms with Crippen molar-refractivity contribution in [2.24, 2.45) is 11.8 Å². The minimum absolute atomic E-state index is 0.0868. The van der Waals surface area contributed by atoms with Gasteiger partial charge in [0.05, 0.1) is 0 Å². The first-order chi connectivity index (χ1) is 5.97. The van der Waals surface area contributed by atoms with Crippen LogP contribution in [0.2, 0.25) is 0 Å². The van der Waals surface area contributed by atoms with Crippen molar-refractivity contribution in [3.63, 3.8) is 0 Å². The number of carbonyl (C=O) groups excluding carboxylic acids is 2. The number of hydrogen-bond acceptors (Lipinski definition) is 2. The third kappa shape index (κ3) is 5.56. The molecular formula is C11H20O2. The second-order valence-electron chi connectivity index (χ2n) is 4.06.